The summed E-state index contributed by atoms with van der Waals surface area (Å²) in [6.07, 6.45) is 5.56. The van der Waals surface area contributed by atoms with Crippen molar-refractivity contribution in [3.8, 4) is 0 Å². The second-order valence-corrected chi connectivity index (χ2v) is 4.27. The van der Waals surface area contributed by atoms with Gasteiger partial charge >= 0.3 is 0 Å². The summed E-state index contributed by atoms with van der Waals surface area (Å²) in [5.41, 5.74) is 1.96. The van der Waals surface area contributed by atoms with Crippen molar-refractivity contribution in [3.05, 3.63) is 11.6 Å². The minimum atomic E-state index is 0.225. The molecule has 0 aliphatic heterocycles. The molecule has 0 heterocycles. The monoisotopic (exact) mass is 150 g/mol. The number of allylic oxidation sites excluding steroid dienone is 2. The van der Waals surface area contributed by atoms with E-state index in [0.717, 1.165) is 18.6 Å². The minimum absolute atomic E-state index is 0.225. The molecule has 0 N–H and O–H groups in total. The molecule has 1 nitrogen and oxygen atoms in total. The molecule has 0 aromatic rings. The molecule has 2 aliphatic carbocycles. The van der Waals surface area contributed by atoms with Gasteiger partial charge in [0.1, 0.15) is 6.29 Å². The highest BCUT2D eigenvalue weighted by molar-refractivity contribution is 5.59. The number of carbonyl (C=O) groups is 1. The summed E-state index contributed by atoms with van der Waals surface area (Å²) < 4.78 is 0. The molecule has 2 rings (SSSR count). The van der Waals surface area contributed by atoms with Gasteiger partial charge in [0.2, 0.25) is 0 Å². The van der Waals surface area contributed by atoms with Crippen molar-refractivity contribution < 1.29 is 4.79 Å². The first kappa shape index (κ1) is 7.08. The SMILES string of the molecule is CC1(C)C2=CC(C=O)CCC21. The fourth-order valence-corrected chi connectivity index (χ4v) is 2.30. The Balaban J connectivity index is 2.21. The topological polar surface area (TPSA) is 17.1 Å². The Bertz CT molecular complexity index is 225. The van der Waals surface area contributed by atoms with E-state index in [1.54, 1.807) is 0 Å². The second-order valence-electron chi connectivity index (χ2n) is 4.27. The molecule has 60 valence electrons. The predicted octanol–water partition coefficient (Wildman–Crippen LogP) is 2.18. The molecule has 2 unspecified atom stereocenters. The highest BCUT2D eigenvalue weighted by Crippen LogP contribution is 2.62. The van der Waals surface area contributed by atoms with Crippen LogP contribution in [0.1, 0.15) is 26.7 Å². The first-order chi connectivity index (χ1) is 5.16. The molecule has 2 aliphatic rings. The largest absolute Gasteiger partial charge is 0.303 e. The van der Waals surface area contributed by atoms with Crippen molar-refractivity contribution in [2.45, 2.75) is 26.7 Å². The molecular formula is C10H14O. The predicted molar refractivity (Wildman–Crippen MR) is 44.1 cm³/mol. The van der Waals surface area contributed by atoms with Crippen LogP contribution in [0.3, 0.4) is 0 Å². The van der Waals surface area contributed by atoms with Gasteiger partial charge in [-0.3, -0.25) is 0 Å². The first-order valence-electron chi connectivity index (χ1n) is 4.33. The first-order valence-corrected chi connectivity index (χ1v) is 4.33. The third-order valence-corrected chi connectivity index (χ3v) is 3.26. The smallest absolute Gasteiger partial charge is 0.126 e. The maximum Gasteiger partial charge on any atom is 0.126 e. The van der Waals surface area contributed by atoms with Gasteiger partial charge in [0.25, 0.3) is 0 Å². The Labute approximate surface area is 67.5 Å². The maximum absolute atomic E-state index is 10.5. The lowest BCUT2D eigenvalue weighted by Gasteiger charge is -2.07. The highest BCUT2D eigenvalue weighted by atomic mass is 16.1. The number of rotatable bonds is 1. The van der Waals surface area contributed by atoms with Crippen molar-refractivity contribution in [1.29, 1.82) is 0 Å². The van der Waals surface area contributed by atoms with E-state index < -0.39 is 0 Å². The Hall–Kier alpha value is -0.590. The summed E-state index contributed by atoms with van der Waals surface area (Å²) >= 11 is 0. The van der Waals surface area contributed by atoms with Gasteiger partial charge in [-0.05, 0) is 24.2 Å². The standard InChI is InChI=1S/C10H14O/c1-10(2)8-4-3-7(6-11)5-9(8)10/h5-8H,3-4H2,1-2H3. The average Bonchev–Trinajstić information content (AvgIpc) is 2.55. The maximum atomic E-state index is 10.5. The molecule has 1 heteroatoms. The number of aldehydes is 1. The Morgan fingerprint density at radius 3 is 2.82 bits per heavy atom. The van der Waals surface area contributed by atoms with Gasteiger partial charge in [0, 0.05) is 5.92 Å². The van der Waals surface area contributed by atoms with Gasteiger partial charge in [-0.2, -0.15) is 0 Å². The van der Waals surface area contributed by atoms with Crippen LogP contribution in [-0.2, 0) is 4.79 Å². The van der Waals surface area contributed by atoms with Gasteiger partial charge < -0.3 is 4.79 Å². The van der Waals surface area contributed by atoms with E-state index in [1.165, 1.54) is 12.0 Å². The van der Waals surface area contributed by atoms with E-state index in [4.69, 9.17) is 0 Å². The van der Waals surface area contributed by atoms with E-state index in [1.807, 2.05) is 0 Å². The van der Waals surface area contributed by atoms with Gasteiger partial charge in [-0.1, -0.05) is 25.5 Å². The van der Waals surface area contributed by atoms with Crippen molar-refractivity contribution in [2.75, 3.05) is 0 Å². The van der Waals surface area contributed by atoms with Crippen LogP contribution in [0, 0.1) is 17.3 Å². The average molecular weight is 150 g/mol. The number of hydrogen-bond donors (Lipinski definition) is 0. The number of carbonyl (C=O) groups excluding carboxylic acids is 1. The van der Waals surface area contributed by atoms with Gasteiger partial charge in [0.15, 0.2) is 0 Å². The molecule has 11 heavy (non-hydrogen) atoms. The van der Waals surface area contributed by atoms with E-state index in [0.29, 0.717) is 5.41 Å². The molecule has 0 aromatic carbocycles. The van der Waals surface area contributed by atoms with E-state index in [-0.39, 0.29) is 5.92 Å². The van der Waals surface area contributed by atoms with E-state index >= 15 is 0 Å². The molecule has 0 aromatic heterocycles. The zero-order chi connectivity index (χ0) is 8.06. The van der Waals surface area contributed by atoms with Crippen molar-refractivity contribution in [3.63, 3.8) is 0 Å². The molecule has 0 saturated heterocycles. The molecular weight excluding hydrogens is 136 g/mol. The van der Waals surface area contributed by atoms with Crippen molar-refractivity contribution in [2.24, 2.45) is 17.3 Å². The van der Waals surface area contributed by atoms with Crippen LogP contribution < -0.4 is 0 Å². The Morgan fingerprint density at radius 1 is 1.55 bits per heavy atom. The van der Waals surface area contributed by atoms with Crippen LogP contribution in [-0.4, -0.2) is 6.29 Å². The summed E-state index contributed by atoms with van der Waals surface area (Å²) in [4.78, 5) is 10.5. The Kier molecular flexibility index (Phi) is 1.26. The third-order valence-electron chi connectivity index (χ3n) is 3.26. The zero-order valence-corrected chi connectivity index (χ0v) is 7.13. The molecule has 0 bridgehead atoms. The van der Waals surface area contributed by atoms with Crippen LogP contribution in [0.2, 0.25) is 0 Å². The summed E-state index contributed by atoms with van der Waals surface area (Å²) in [7, 11) is 0. The fraction of sp³-hybridized carbons (Fsp3) is 0.700. The molecule has 0 spiro atoms. The van der Waals surface area contributed by atoms with Crippen LogP contribution in [0.4, 0.5) is 0 Å². The lowest BCUT2D eigenvalue weighted by molar-refractivity contribution is -0.110. The van der Waals surface area contributed by atoms with Crippen LogP contribution in [0.15, 0.2) is 11.6 Å². The van der Waals surface area contributed by atoms with Gasteiger partial charge in [-0.25, -0.2) is 0 Å². The number of hydrogen-bond acceptors (Lipinski definition) is 1. The lowest BCUT2D eigenvalue weighted by atomic mass is 9.97. The molecule has 0 amide bonds. The minimum Gasteiger partial charge on any atom is -0.303 e. The van der Waals surface area contributed by atoms with E-state index in [9.17, 15) is 4.79 Å². The Morgan fingerprint density at radius 2 is 2.27 bits per heavy atom. The molecule has 2 atom stereocenters. The molecule has 0 radical (unpaired) electrons. The zero-order valence-electron chi connectivity index (χ0n) is 7.13. The van der Waals surface area contributed by atoms with Gasteiger partial charge in [-0.15, -0.1) is 0 Å². The third kappa shape index (κ3) is 0.867. The van der Waals surface area contributed by atoms with Crippen LogP contribution in [0.25, 0.3) is 0 Å². The van der Waals surface area contributed by atoms with Gasteiger partial charge in [0.05, 0.1) is 0 Å². The second kappa shape index (κ2) is 1.96. The summed E-state index contributed by atoms with van der Waals surface area (Å²) in [5.74, 6) is 1.03. The summed E-state index contributed by atoms with van der Waals surface area (Å²) in [6, 6.07) is 0. The normalized spacial score (nSPS) is 38.9. The quantitative estimate of drug-likeness (QED) is 0.413. The van der Waals surface area contributed by atoms with Crippen molar-refractivity contribution in [1.82, 2.24) is 0 Å². The van der Waals surface area contributed by atoms with Crippen LogP contribution >= 0.6 is 0 Å². The number of fused-ring (bicyclic) bond motifs is 1. The van der Waals surface area contributed by atoms with Crippen LogP contribution in [0.5, 0.6) is 0 Å². The summed E-state index contributed by atoms with van der Waals surface area (Å²) in [5, 5.41) is 0. The molecule has 1 fully saturated rings. The summed E-state index contributed by atoms with van der Waals surface area (Å²) in [6.45, 7) is 4.55. The lowest BCUT2D eigenvalue weighted by Crippen LogP contribution is -2.01. The fourth-order valence-electron chi connectivity index (χ4n) is 2.30. The van der Waals surface area contributed by atoms with E-state index in [2.05, 4.69) is 19.9 Å². The van der Waals surface area contributed by atoms with Crippen molar-refractivity contribution >= 4 is 6.29 Å². The highest BCUT2D eigenvalue weighted by Gasteiger charge is 2.53. The molecule has 1 saturated carbocycles.